The van der Waals surface area contributed by atoms with Gasteiger partial charge in [0, 0.05) is 5.39 Å². The zero-order valence-corrected chi connectivity index (χ0v) is 10.1. The summed E-state index contributed by atoms with van der Waals surface area (Å²) in [6, 6.07) is 2.51. The number of primary amides is 1. The molecule has 3 N–H and O–H groups in total. The van der Waals surface area contributed by atoms with E-state index in [0.29, 0.717) is 0 Å². The first-order valence-electron chi connectivity index (χ1n) is 5.57. The summed E-state index contributed by atoms with van der Waals surface area (Å²) in [4.78, 5) is 23.5. The molecule has 10 heteroatoms. The number of rotatable bonds is 1. The van der Waals surface area contributed by atoms with E-state index in [1.165, 1.54) is 0 Å². The third-order valence-electron chi connectivity index (χ3n) is 3.01. The zero-order valence-electron chi connectivity index (χ0n) is 10.1. The van der Waals surface area contributed by atoms with Crippen LogP contribution in [0.1, 0.15) is 15.9 Å². The van der Waals surface area contributed by atoms with Crippen molar-refractivity contribution >= 4 is 22.5 Å². The van der Waals surface area contributed by atoms with E-state index in [2.05, 4.69) is 15.5 Å². The Morgan fingerprint density at radius 2 is 2.05 bits per heavy atom. The topological polar surface area (TPSA) is 106 Å². The minimum absolute atomic E-state index is 0.0969. The van der Waals surface area contributed by atoms with E-state index in [4.69, 9.17) is 5.73 Å². The van der Waals surface area contributed by atoms with Gasteiger partial charge in [0.1, 0.15) is 5.56 Å². The van der Waals surface area contributed by atoms with E-state index in [1.807, 2.05) is 0 Å². The zero-order chi connectivity index (χ0) is 15.4. The number of tetrazole rings is 1. The van der Waals surface area contributed by atoms with Gasteiger partial charge in [-0.3, -0.25) is 9.59 Å². The number of nitrogens with zero attached hydrogens (tertiary/aromatic N) is 3. The van der Waals surface area contributed by atoms with Crippen molar-refractivity contribution < 1.29 is 18.0 Å². The molecule has 108 valence electrons. The van der Waals surface area contributed by atoms with Crippen LogP contribution in [0.15, 0.2) is 23.0 Å². The highest BCUT2D eigenvalue weighted by atomic mass is 19.4. The van der Waals surface area contributed by atoms with E-state index in [1.54, 1.807) is 0 Å². The molecular weight excluding hydrogens is 291 g/mol. The van der Waals surface area contributed by atoms with Gasteiger partial charge in [-0.05, 0) is 18.2 Å². The minimum atomic E-state index is -4.57. The van der Waals surface area contributed by atoms with Crippen LogP contribution in [0.3, 0.4) is 0 Å². The number of amides is 1. The molecule has 0 saturated heterocycles. The SMILES string of the molecule is NC(=O)c1c(=O)c2ccc(C(F)(F)F)cc2n2[nH]nnc12. The minimum Gasteiger partial charge on any atom is -0.365 e. The summed E-state index contributed by atoms with van der Waals surface area (Å²) in [6.07, 6.45) is -4.57. The first-order chi connectivity index (χ1) is 9.80. The fraction of sp³-hybridized carbons (Fsp3) is 0.0909. The number of carbonyl (C=O) groups excluding carboxylic acids is 1. The van der Waals surface area contributed by atoms with Crippen LogP contribution in [0, 0.1) is 0 Å². The van der Waals surface area contributed by atoms with Crippen LogP contribution in [0.25, 0.3) is 16.6 Å². The predicted molar refractivity (Wildman–Crippen MR) is 64.6 cm³/mol. The molecule has 0 radical (unpaired) electrons. The summed E-state index contributed by atoms with van der Waals surface area (Å²) in [7, 11) is 0. The van der Waals surface area contributed by atoms with E-state index < -0.39 is 28.6 Å². The van der Waals surface area contributed by atoms with Gasteiger partial charge in [0.2, 0.25) is 5.43 Å². The number of hydrogen-bond acceptors (Lipinski definition) is 4. The number of alkyl halides is 3. The monoisotopic (exact) mass is 297 g/mol. The molecule has 0 aliphatic rings. The molecule has 0 spiro atoms. The number of nitrogens with two attached hydrogens (primary N) is 1. The van der Waals surface area contributed by atoms with Crippen LogP contribution in [-0.2, 0) is 6.18 Å². The smallest absolute Gasteiger partial charge is 0.365 e. The quantitative estimate of drug-likeness (QED) is 0.689. The summed E-state index contributed by atoms with van der Waals surface area (Å²) in [6.45, 7) is 0. The third kappa shape index (κ3) is 1.83. The van der Waals surface area contributed by atoms with Gasteiger partial charge in [-0.15, -0.1) is 5.10 Å². The molecule has 0 aliphatic carbocycles. The molecule has 1 aromatic carbocycles. The second-order valence-corrected chi connectivity index (χ2v) is 4.26. The Kier molecular flexibility index (Phi) is 2.52. The lowest BCUT2D eigenvalue weighted by atomic mass is 10.1. The van der Waals surface area contributed by atoms with Gasteiger partial charge in [-0.25, -0.2) is 4.52 Å². The molecule has 3 rings (SSSR count). The fourth-order valence-corrected chi connectivity index (χ4v) is 2.08. The Bertz CT molecular complexity index is 941. The Morgan fingerprint density at radius 3 is 2.67 bits per heavy atom. The average molecular weight is 297 g/mol. The molecular formula is C11H6F3N5O2. The Morgan fingerprint density at radius 1 is 1.33 bits per heavy atom. The lowest BCUT2D eigenvalue weighted by Gasteiger charge is -2.09. The Hall–Kier alpha value is -2.91. The maximum atomic E-state index is 12.7. The van der Waals surface area contributed by atoms with Gasteiger partial charge in [-0.1, -0.05) is 5.21 Å². The van der Waals surface area contributed by atoms with Crippen LogP contribution in [0.4, 0.5) is 13.2 Å². The molecule has 0 atom stereocenters. The summed E-state index contributed by atoms with van der Waals surface area (Å²) in [5, 5.41) is 9.11. The van der Waals surface area contributed by atoms with Crippen molar-refractivity contribution in [3.63, 3.8) is 0 Å². The number of nitrogens with one attached hydrogen (secondary N) is 1. The molecule has 0 bridgehead atoms. The van der Waals surface area contributed by atoms with Crippen molar-refractivity contribution in [1.29, 1.82) is 0 Å². The molecule has 3 aromatic rings. The maximum Gasteiger partial charge on any atom is 0.416 e. The number of pyridine rings is 1. The van der Waals surface area contributed by atoms with Gasteiger partial charge < -0.3 is 5.73 Å². The fourth-order valence-electron chi connectivity index (χ4n) is 2.08. The molecule has 1 amide bonds. The summed E-state index contributed by atoms with van der Waals surface area (Å²) >= 11 is 0. The molecule has 21 heavy (non-hydrogen) atoms. The van der Waals surface area contributed by atoms with Gasteiger partial charge in [0.25, 0.3) is 5.91 Å². The van der Waals surface area contributed by atoms with Gasteiger partial charge in [-0.2, -0.15) is 18.4 Å². The van der Waals surface area contributed by atoms with E-state index in [9.17, 15) is 22.8 Å². The second-order valence-electron chi connectivity index (χ2n) is 4.26. The van der Waals surface area contributed by atoms with Crippen LogP contribution in [-0.4, -0.2) is 25.9 Å². The first-order valence-corrected chi connectivity index (χ1v) is 5.57. The van der Waals surface area contributed by atoms with Crippen LogP contribution < -0.4 is 11.2 Å². The highest BCUT2D eigenvalue weighted by Gasteiger charge is 2.31. The molecule has 0 unspecified atom stereocenters. The standard InChI is InChI=1S/C11H6F3N5O2/c12-11(13,14)4-1-2-5-6(3-4)19-10(16-17-18-19)7(8(5)20)9(15)21/h1-3H,(H2,15,21)(H,16,18). The number of H-pyrrole nitrogens is 1. The number of halogens is 3. The van der Waals surface area contributed by atoms with E-state index >= 15 is 0 Å². The Labute approximate surface area is 113 Å². The van der Waals surface area contributed by atoms with Gasteiger partial charge in [0.05, 0.1) is 11.1 Å². The van der Waals surface area contributed by atoms with E-state index in [0.717, 1.165) is 22.7 Å². The van der Waals surface area contributed by atoms with Crippen LogP contribution >= 0.6 is 0 Å². The van der Waals surface area contributed by atoms with Crippen molar-refractivity contribution in [1.82, 2.24) is 20.0 Å². The Balaban J connectivity index is 2.53. The highest BCUT2D eigenvalue weighted by Crippen LogP contribution is 2.31. The number of aromatic amines is 1. The van der Waals surface area contributed by atoms with E-state index in [-0.39, 0.29) is 16.6 Å². The molecule has 2 heterocycles. The van der Waals surface area contributed by atoms with Crippen molar-refractivity contribution in [2.45, 2.75) is 6.18 Å². The largest absolute Gasteiger partial charge is 0.416 e. The number of carbonyl (C=O) groups is 1. The molecule has 2 aromatic heterocycles. The van der Waals surface area contributed by atoms with Crippen molar-refractivity contribution in [2.75, 3.05) is 0 Å². The number of benzene rings is 1. The lowest BCUT2D eigenvalue weighted by Crippen LogP contribution is -2.24. The maximum absolute atomic E-state index is 12.7. The molecule has 0 fully saturated rings. The number of fused-ring (bicyclic) bond motifs is 3. The molecule has 7 nitrogen and oxygen atoms in total. The van der Waals surface area contributed by atoms with Crippen molar-refractivity contribution in [2.24, 2.45) is 5.73 Å². The van der Waals surface area contributed by atoms with Crippen LogP contribution in [0.5, 0.6) is 0 Å². The summed E-state index contributed by atoms with van der Waals surface area (Å²) in [5.41, 5.74) is 2.63. The predicted octanol–water partition coefficient (Wildman–Crippen LogP) is 0.688. The van der Waals surface area contributed by atoms with Gasteiger partial charge >= 0.3 is 6.18 Å². The normalized spacial score (nSPS) is 12.1. The summed E-state index contributed by atoms with van der Waals surface area (Å²) < 4.78 is 39.2. The highest BCUT2D eigenvalue weighted by molar-refractivity contribution is 6.02. The van der Waals surface area contributed by atoms with Gasteiger partial charge in [0.15, 0.2) is 5.65 Å². The average Bonchev–Trinajstić information content (AvgIpc) is 2.86. The molecule has 0 saturated carbocycles. The third-order valence-corrected chi connectivity index (χ3v) is 3.01. The lowest BCUT2D eigenvalue weighted by molar-refractivity contribution is -0.137. The van der Waals surface area contributed by atoms with Crippen LogP contribution in [0.2, 0.25) is 0 Å². The second kappa shape index (κ2) is 4.04. The molecule has 0 aliphatic heterocycles. The summed E-state index contributed by atoms with van der Waals surface area (Å²) in [5.74, 6) is -1.03. The number of aromatic nitrogens is 4. The number of hydrogen-bond donors (Lipinski definition) is 2. The van der Waals surface area contributed by atoms with Crippen molar-refractivity contribution in [3.8, 4) is 0 Å². The first kappa shape index (κ1) is 13.1. The van der Waals surface area contributed by atoms with Crippen molar-refractivity contribution in [3.05, 3.63) is 39.5 Å².